The maximum atomic E-state index is 12.6. The fraction of sp³-hybridized carbons (Fsp3) is 0.667. The Labute approximate surface area is 121 Å². The van der Waals surface area contributed by atoms with Gasteiger partial charge in [0.05, 0.1) is 0 Å². The van der Waals surface area contributed by atoms with Crippen LogP contribution in [-0.2, 0) is 6.18 Å². The van der Waals surface area contributed by atoms with Crippen LogP contribution in [0.1, 0.15) is 19.7 Å². The molecule has 0 saturated carbocycles. The third-order valence-electron chi connectivity index (χ3n) is 2.65. The summed E-state index contributed by atoms with van der Waals surface area (Å²) in [5.74, 6) is -0.932. The molecular weight excluding hydrogens is 293 g/mol. The average molecular weight is 311 g/mol. The van der Waals surface area contributed by atoms with E-state index in [1.165, 1.54) is 6.07 Å². The third-order valence-corrected chi connectivity index (χ3v) is 2.84. The number of alkyl halides is 3. The molecule has 4 nitrogen and oxygen atoms in total. The maximum Gasteiger partial charge on any atom is 0.451 e. The summed E-state index contributed by atoms with van der Waals surface area (Å²) >= 11 is 5.62. The third kappa shape index (κ3) is 5.13. The highest BCUT2D eigenvalue weighted by molar-refractivity contribution is 6.29. The molecule has 114 valence electrons. The number of hydrogen-bond acceptors (Lipinski definition) is 4. The van der Waals surface area contributed by atoms with Crippen molar-refractivity contribution in [3.8, 4) is 0 Å². The largest absolute Gasteiger partial charge is 0.451 e. The summed E-state index contributed by atoms with van der Waals surface area (Å²) in [4.78, 5) is 8.63. The Morgan fingerprint density at radius 2 is 1.90 bits per heavy atom. The molecular formula is C12H18ClF3N4. The van der Waals surface area contributed by atoms with Gasteiger partial charge in [-0.2, -0.15) is 13.2 Å². The Kier molecular flexibility index (Phi) is 5.59. The Morgan fingerprint density at radius 1 is 1.30 bits per heavy atom. The van der Waals surface area contributed by atoms with Crippen LogP contribution in [0.2, 0.25) is 5.15 Å². The van der Waals surface area contributed by atoms with Gasteiger partial charge >= 0.3 is 6.18 Å². The number of anilines is 1. The highest BCUT2D eigenvalue weighted by Gasteiger charge is 2.35. The van der Waals surface area contributed by atoms with Gasteiger partial charge in [0.15, 0.2) is 0 Å². The standard InChI is InChI=1S/C12H18ClF3N4/c1-7(2)8(6-20(3)4)17-10-5-9(13)18-11(19-10)12(14,15)16/h5,7-8H,6H2,1-4H3,(H,17,18,19). The van der Waals surface area contributed by atoms with Gasteiger partial charge in [-0.15, -0.1) is 0 Å². The summed E-state index contributed by atoms with van der Waals surface area (Å²) in [7, 11) is 3.79. The fourth-order valence-corrected chi connectivity index (χ4v) is 1.81. The molecule has 0 aliphatic heterocycles. The minimum atomic E-state index is -4.61. The van der Waals surface area contributed by atoms with Crippen molar-refractivity contribution < 1.29 is 13.2 Å². The van der Waals surface area contributed by atoms with E-state index in [9.17, 15) is 13.2 Å². The SMILES string of the molecule is CC(C)C(CN(C)C)Nc1cc(Cl)nc(C(F)(F)F)n1. The van der Waals surface area contributed by atoms with E-state index in [0.717, 1.165) is 0 Å². The maximum absolute atomic E-state index is 12.6. The summed E-state index contributed by atoms with van der Waals surface area (Å²) in [5, 5.41) is 2.75. The van der Waals surface area contributed by atoms with E-state index in [-0.39, 0.29) is 22.9 Å². The second kappa shape index (κ2) is 6.58. The van der Waals surface area contributed by atoms with E-state index in [0.29, 0.717) is 6.54 Å². The van der Waals surface area contributed by atoms with Crippen molar-refractivity contribution >= 4 is 17.4 Å². The molecule has 0 bridgehead atoms. The Hall–Kier alpha value is -1.08. The Bertz CT molecular complexity index is 449. The Morgan fingerprint density at radius 3 is 2.35 bits per heavy atom. The first-order valence-electron chi connectivity index (χ1n) is 6.12. The predicted molar refractivity (Wildman–Crippen MR) is 72.8 cm³/mol. The van der Waals surface area contributed by atoms with Gasteiger partial charge in [-0.1, -0.05) is 25.4 Å². The van der Waals surface area contributed by atoms with Gasteiger partial charge in [-0.05, 0) is 20.0 Å². The van der Waals surface area contributed by atoms with Crippen molar-refractivity contribution in [2.24, 2.45) is 5.92 Å². The van der Waals surface area contributed by atoms with Crippen LogP contribution < -0.4 is 5.32 Å². The fourth-order valence-electron chi connectivity index (χ4n) is 1.62. The van der Waals surface area contributed by atoms with Crippen LogP contribution in [-0.4, -0.2) is 41.5 Å². The molecule has 0 amide bonds. The zero-order valence-corrected chi connectivity index (χ0v) is 12.5. The zero-order valence-electron chi connectivity index (χ0n) is 11.8. The van der Waals surface area contributed by atoms with Crippen LogP contribution in [0.4, 0.5) is 19.0 Å². The quantitative estimate of drug-likeness (QED) is 0.848. The first kappa shape index (κ1) is 17.0. The average Bonchev–Trinajstić information content (AvgIpc) is 2.25. The van der Waals surface area contributed by atoms with Gasteiger partial charge in [0.25, 0.3) is 0 Å². The van der Waals surface area contributed by atoms with Gasteiger partial charge in [0.2, 0.25) is 5.82 Å². The van der Waals surface area contributed by atoms with Crippen molar-refractivity contribution in [2.75, 3.05) is 26.0 Å². The summed E-state index contributed by atoms with van der Waals surface area (Å²) in [6.07, 6.45) is -4.61. The molecule has 0 saturated heterocycles. The van der Waals surface area contributed by atoms with E-state index in [4.69, 9.17) is 11.6 Å². The lowest BCUT2D eigenvalue weighted by molar-refractivity contribution is -0.144. The number of nitrogens with one attached hydrogen (secondary N) is 1. The minimum absolute atomic E-state index is 0.0444. The van der Waals surface area contributed by atoms with Gasteiger partial charge in [0, 0.05) is 18.7 Å². The van der Waals surface area contributed by atoms with Gasteiger partial charge in [-0.3, -0.25) is 0 Å². The molecule has 1 aromatic rings. The smallest absolute Gasteiger partial charge is 0.366 e. The van der Waals surface area contributed by atoms with Crippen molar-refractivity contribution in [2.45, 2.75) is 26.1 Å². The minimum Gasteiger partial charge on any atom is -0.366 e. The summed E-state index contributed by atoms with van der Waals surface area (Å²) in [6, 6.07) is 1.25. The highest BCUT2D eigenvalue weighted by Crippen LogP contribution is 2.28. The molecule has 0 aliphatic carbocycles. The van der Waals surface area contributed by atoms with Gasteiger partial charge < -0.3 is 10.2 Å². The second-order valence-electron chi connectivity index (χ2n) is 5.15. The van der Waals surface area contributed by atoms with E-state index >= 15 is 0 Å². The van der Waals surface area contributed by atoms with Crippen LogP contribution in [0.15, 0.2) is 6.07 Å². The van der Waals surface area contributed by atoms with Gasteiger partial charge in [0.1, 0.15) is 11.0 Å². The predicted octanol–water partition coefficient (Wildman–Crippen LogP) is 3.15. The van der Waals surface area contributed by atoms with Crippen molar-refractivity contribution in [1.82, 2.24) is 14.9 Å². The van der Waals surface area contributed by atoms with Crippen molar-refractivity contribution in [3.63, 3.8) is 0 Å². The number of rotatable bonds is 5. The molecule has 1 aromatic heterocycles. The number of halogens is 4. The molecule has 0 radical (unpaired) electrons. The van der Waals surface area contributed by atoms with E-state index < -0.39 is 12.0 Å². The monoisotopic (exact) mass is 310 g/mol. The van der Waals surface area contributed by atoms with Crippen molar-refractivity contribution in [1.29, 1.82) is 0 Å². The number of hydrogen-bond donors (Lipinski definition) is 1. The first-order chi connectivity index (χ1) is 9.09. The van der Waals surface area contributed by atoms with Crippen LogP contribution in [0.5, 0.6) is 0 Å². The molecule has 0 fully saturated rings. The normalized spacial score (nSPS) is 13.9. The van der Waals surface area contributed by atoms with Crippen LogP contribution in [0.25, 0.3) is 0 Å². The van der Waals surface area contributed by atoms with E-state index in [1.807, 2.05) is 32.8 Å². The Balaban J connectivity index is 2.98. The van der Waals surface area contributed by atoms with Crippen molar-refractivity contribution in [3.05, 3.63) is 17.0 Å². The molecule has 1 atom stereocenters. The molecule has 0 aromatic carbocycles. The molecule has 0 aliphatic rings. The molecule has 1 N–H and O–H groups in total. The first-order valence-corrected chi connectivity index (χ1v) is 6.50. The molecule has 1 heterocycles. The number of nitrogens with zero attached hydrogens (tertiary/aromatic N) is 3. The summed E-state index contributed by atoms with van der Waals surface area (Å²) in [6.45, 7) is 4.63. The lowest BCUT2D eigenvalue weighted by Crippen LogP contribution is -2.36. The topological polar surface area (TPSA) is 41.0 Å². The summed E-state index contributed by atoms with van der Waals surface area (Å²) < 4.78 is 37.9. The number of aromatic nitrogens is 2. The van der Waals surface area contributed by atoms with Crippen LogP contribution in [0.3, 0.4) is 0 Å². The lowest BCUT2D eigenvalue weighted by Gasteiger charge is -2.26. The molecule has 1 rings (SSSR count). The molecule has 1 unspecified atom stereocenters. The van der Waals surface area contributed by atoms with E-state index in [1.54, 1.807) is 0 Å². The second-order valence-corrected chi connectivity index (χ2v) is 5.54. The van der Waals surface area contributed by atoms with Crippen LogP contribution in [0, 0.1) is 5.92 Å². The zero-order chi connectivity index (χ0) is 15.5. The molecule has 8 heteroatoms. The van der Waals surface area contributed by atoms with Gasteiger partial charge in [-0.25, -0.2) is 9.97 Å². The van der Waals surface area contributed by atoms with E-state index in [2.05, 4.69) is 15.3 Å². The van der Waals surface area contributed by atoms with Crippen LogP contribution >= 0.6 is 11.6 Å². The highest BCUT2D eigenvalue weighted by atomic mass is 35.5. The molecule has 20 heavy (non-hydrogen) atoms. The lowest BCUT2D eigenvalue weighted by atomic mass is 10.0. The summed E-state index contributed by atoms with van der Waals surface area (Å²) in [5.41, 5.74) is 0. The molecule has 0 spiro atoms. The number of likely N-dealkylation sites (N-methyl/N-ethyl adjacent to an activating group) is 1.